The predicted molar refractivity (Wildman–Crippen MR) is 73.6 cm³/mol. The van der Waals surface area contributed by atoms with Crippen molar-refractivity contribution in [1.82, 2.24) is 19.9 Å². The Morgan fingerprint density at radius 1 is 1.42 bits per heavy atom. The number of nitrogens with zero attached hydrogens (tertiary/aromatic N) is 4. The maximum atomic E-state index is 9.27. The molecule has 1 fully saturated rings. The normalized spacial score (nSPS) is 21.1. The van der Waals surface area contributed by atoms with Crippen molar-refractivity contribution in [2.45, 2.75) is 19.4 Å². The topological polar surface area (TPSA) is 54.2 Å². The number of hydrogen-bond acceptors (Lipinski definition) is 4. The Bertz CT molecular complexity index is 566. The molecule has 0 amide bonds. The van der Waals surface area contributed by atoms with E-state index in [1.165, 1.54) is 12.0 Å². The van der Waals surface area contributed by atoms with Crippen molar-refractivity contribution in [3.05, 3.63) is 23.8 Å². The van der Waals surface area contributed by atoms with E-state index in [-0.39, 0.29) is 0 Å². The molecular formula is C14H20N4O. The van der Waals surface area contributed by atoms with E-state index in [2.05, 4.69) is 33.4 Å². The molecule has 0 aliphatic carbocycles. The largest absolute Gasteiger partial charge is 0.396 e. The molecule has 1 aliphatic rings. The summed E-state index contributed by atoms with van der Waals surface area (Å²) in [5, 5.41) is 17.5. The summed E-state index contributed by atoms with van der Waals surface area (Å²) in [6, 6.07) is 6.34. The van der Waals surface area contributed by atoms with Gasteiger partial charge in [-0.3, -0.25) is 4.90 Å². The monoisotopic (exact) mass is 260 g/mol. The fourth-order valence-electron chi connectivity index (χ4n) is 2.89. The SMILES string of the molecule is Cn1nnc2cc(CN3CCCC(CO)C3)ccc21. The Labute approximate surface area is 112 Å². The third kappa shape index (κ3) is 2.62. The van der Waals surface area contributed by atoms with Crippen molar-refractivity contribution in [2.75, 3.05) is 19.7 Å². The second-order valence-corrected chi connectivity index (χ2v) is 5.46. The van der Waals surface area contributed by atoms with E-state index in [9.17, 15) is 5.11 Å². The third-order valence-corrected chi connectivity index (χ3v) is 3.94. The van der Waals surface area contributed by atoms with E-state index in [1.54, 1.807) is 4.68 Å². The van der Waals surface area contributed by atoms with Gasteiger partial charge >= 0.3 is 0 Å². The molecule has 0 bridgehead atoms. The highest BCUT2D eigenvalue weighted by atomic mass is 16.3. The zero-order valence-electron chi connectivity index (χ0n) is 11.3. The quantitative estimate of drug-likeness (QED) is 0.900. The van der Waals surface area contributed by atoms with Gasteiger partial charge in [0.2, 0.25) is 0 Å². The number of likely N-dealkylation sites (tertiary alicyclic amines) is 1. The molecule has 2 heterocycles. The highest BCUT2D eigenvalue weighted by Crippen LogP contribution is 2.19. The van der Waals surface area contributed by atoms with Crippen LogP contribution in [0.4, 0.5) is 0 Å². The Balaban J connectivity index is 1.74. The van der Waals surface area contributed by atoms with Crippen LogP contribution in [0, 0.1) is 5.92 Å². The molecule has 1 saturated heterocycles. The van der Waals surface area contributed by atoms with E-state index in [0.717, 1.165) is 37.1 Å². The van der Waals surface area contributed by atoms with Gasteiger partial charge in [0.1, 0.15) is 5.52 Å². The van der Waals surface area contributed by atoms with Gasteiger partial charge in [-0.05, 0) is 43.0 Å². The standard InChI is InChI=1S/C14H20N4O/c1-17-14-5-4-11(7-13(14)15-16-17)8-18-6-2-3-12(9-18)10-19/h4-5,7,12,19H,2-3,6,8-10H2,1H3. The second kappa shape index (κ2) is 5.27. The summed E-state index contributed by atoms with van der Waals surface area (Å²) in [5.74, 6) is 0.439. The average molecular weight is 260 g/mol. The molecule has 0 spiro atoms. The van der Waals surface area contributed by atoms with Gasteiger partial charge in [-0.2, -0.15) is 0 Å². The summed E-state index contributed by atoms with van der Waals surface area (Å²) < 4.78 is 1.79. The summed E-state index contributed by atoms with van der Waals surface area (Å²) in [5.41, 5.74) is 3.29. The molecule has 19 heavy (non-hydrogen) atoms. The minimum absolute atomic E-state index is 0.305. The van der Waals surface area contributed by atoms with Gasteiger partial charge in [0.25, 0.3) is 0 Å². The van der Waals surface area contributed by atoms with Crippen LogP contribution in [-0.4, -0.2) is 44.7 Å². The first-order chi connectivity index (χ1) is 9.26. The second-order valence-electron chi connectivity index (χ2n) is 5.46. The number of fused-ring (bicyclic) bond motifs is 1. The maximum Gasteiger partial charge on any atom is 0.113 e. The Kier molecular flexibility index (Phi) is 3.48. The van der Waals surface area contributed by atoms with Gasteiger partial charge < -0.3 is 5.11 Å². The van der Waals surface area contributed by atoms with Crippen LogP contribution in [0.2, 0.25) is 0 Å². The molecule has 0 saturated carbocycles. The molecular weight excluding hydrogens is 240 g/mol. The minimum Gasteiger partial charge on any atom is -0.396 e. The van der Waals surface area contributed by atoms with Crippen LogP contribution >= 0.6 is 0 Å². The molecule has 1 aromatic carbocycles. The molecule has 1 aliphatic heterocycles. The number of piperidine rings is 1. The van der Waals surface area contributed by atoms with E-state index in [1.807, 2.05) is 7.05 Å². The van der Waals surface area contributed by atoms with Gasteiger partial charge in [0.05, 0.1) is 5.52 Å². The number of aliphatic hydroxyl groups excluding tert-OH is 1. The van der Waals surface area contributed by atoms with Crippen molar-refractivity contribution < 1.29 is 5.11 Å². The van der Waals surface area contributed by atoms with E-state index in [0.29, 0.717) is 12.5 Å². The van der Waals surface area contributed by atoms with Crippen LogP contribution in [-0.2, 0) is 13.6 Å². The lowest BCUT2D eigenvalue weighted by Gasteiger charge is -2.31. The summed E-state index contributed by atoms with van der Waals surface area (Å²) in [7, 11) is 1.91. The highest BCUT2D eigenvalue weighted by molar-refractivity contribution is 5.74. The molecule has 1 N–H and O–H groups in total. The van der Waals surface area contributed by atoms with Crippen LogP contribution in [0.25, 0.3) is 11.0 Å². The van der Waals surface area contributed by atoms with Crippen molar-refractivity contribution in [3.63, 3.8) is 0 Å². The van der Waals surface area contributed by atoms with Gasteiger partial charge in [-0.15, -0.1) is 5.10 Å². The molecule has 1 unspecified atom stereocenters. The fourth-order valence-corrected chi connectivity index (χ4v) is 2.89. The lowest BCUT2D eigenvalue weighted by molar-refractivity contribution is 0.116. The summed E-state index contributed by atoms with van der Waals surface area (Å²) in [6.45, 7) is 3.35. The number of aliphatic hydroxyl groups is 1. The van der Waals surface area contributed by atoms with E-state index in [4.69, 9.17) is 0 Å². The van der Waals surface area contributed by atoms with Crippen LogP contribution in [0.1, 0.15) is 18.4 Å². The van der Waals surface area contributed by atoms with Crippen molar-refractivity contribution >= 4 is 11.0 Å². The highest BCUT2D eigenvalue weighted by Gasteiger charge is 2.19. The predicted octanol–water partition coefficient (Wildman–Crippen LogP) is 1.17. The van der Waals surface area contributed by atoms with Gasteiger partial charge in [0.15, 0.2) is 0 Å². The first kappa shape index (κ1) is 12.6. The lowest BCUT2D eigenvalue weighted by Crippen LogP contribution is -2.36. The van der Waals surface area contributed by atoms with Gasteiger partial charge in [-0.1, -0.05) is 11.3 Å². The first-order valence-electron chi connectivity index (χ1n) is 6.88. The molecule has 1 atom stereocenters. The fraction of sp³-hybridized carbons (Fsp3) is 0.571. The molecule has 5 nitrogen and oxygen atoms in total. The maximum absolute atomic E-state index is 9.27. The van der Waals surface area contributed by atoms with Crippen LogP contribution < -0.4 is 0 Å². The number of rotatable bonds is 3. The molecule has 0 radical (unpaired) electrons. The lowest BCUT2D eigenvalue weighted by atomic mass is 9.98. The molecule has 5 heteroatoms. The Morgan fingerprint density at radius 3 is 3.16 bits per heavy atom. The number of aromatic nitrogens is 3. The Hall–Kier alpha value is -1.46. The Morgan fingerprint density at radius 2 is 2.32 bits per heavy atom. The molecule has 3 rings (SSSR count). The van der Waals surface area contributed by atoms with Crippen molar-refractivity contribution in [3.8, 4) is 0 Å². The van der Waals surface area contributed by atoms with E-state index < -0.39 is 0 Å². The zero-order valence-corrected chi connectivity index (χ0v) is 11.3. The van der Waals surface area contributed by atoms with Crippen LogP contribution in [0.3, 0.4) is 0 Å². The van der Waals surface area contributed by atoms with Crippen molar-refractivity contribution in [2.24, 2.45) is 13.0 Å². The smallest absolute Gasteiger partial charge is 0.113 e. The van der Waals surface area contributed by atoms with Crippen LogP contribution in [0.5, 0.6) is 0 Å². The zero-order chi connectivity index (χ0) is 13.2. The van der Waals surface area contributed by atoms with Crippen molar-refractivity contribution in [1.29, 1.82) is 0 Å². The summed E-state index contributed by atoms with van der Waals surface area (Å²) in [4.78, 5) is 2.42. The van der Waals surface area contributed by atoms with Crippen LogP contribution in [0.15, 0.2) is 18.2 Å². The number of benzene rings is 1. The van der Waals surface area contributed by atoms with E-state index >= 15 is 0 Å². The van der Waals surface area contributed by atoms with Gasteiger partial charge in [0, 0.05) is 26.7 Å². The number of hydrogen-bond donors (Lipinski definition) is 1. The minimum atomic E-state index is 0.305. The van der Waals surface area contributed by atoms with Gasteiger partial charge in [-0.25, -0.2) is 4.68 Å². The summed E-state index contributed by atoms with van der Waals surface area (Å²) in [6.07, 6.45) is 2.33. The average Bonchev–Trinajstić information content (AvgIpc) is 2.80. The number of aryl methyl sites for hydroxylation is 1. The molecule has 102 valence electrons. The first-order valence-corrected chi connectivity index (χ1v) is 6.88. The molecule has 1 aromatic heterocycles. The molecule has 2 aromatic rings. The third-order valence-electron chi connectivity index (χ3n) is 3.94. The summed E-state index contributed by atoms with van der Waals surface area (Å²) >= 11 is 0.